The second kappa shape index (κ2) is 59.8. The number of rotatable bonds is 51. The van der Waals surface area contributed by atoms with Crippen molar-refractivity contribution in [2.24, 2.45) is 0 Å². The fourth-order valence-corrected chi connectivity index (χ4v) is 7.52. The predicted octanol–water partition coefficient (Wildman–Crippen LogP) is 20.0. The van der Waals surface area contributed by atoms with Crippen LogP contribution in [0.25, 0.3) is 0 Å². The Balaban J connectivity index is 4.23. The summed E-state index contributed by atoms with van der Waals surface area (Å²) in [5.41, 5.74) is 0. The smallest absolute Gasteiger partial charge is 0.306 e. The third-order valence-corrected chi connectivity index (χ3v) is 11.8. The zero-order chi connectivity index (χ0) is 52.9. The van der Waals surface area contributed by atoms with Crippen molar-refractivity contribution in [3.8, 4) is 0 Å². The second-order valence-corrected chi connectivity index (χ2v) is 18.8. The van der Waals surface area contributed by atoms with Crippen LogP contribution in [0.15, 0.2) is 146 Å². The standard InChI is InChI=1S/C67H106O6/c1-4-7-10-13-16-18-20-22-24-26-27-28-29-30-31-32-33-34-35-36-37-38-39-41-42-44-46-48-51-54-57-60-66(69)72-63-64(62-71-65(68)59-56-53-50-15-12-9-6-3)73-67(70)61-58-55-52-49-47-45-43-40-25-23-21-19-17-14-11-8-5-2/h7-8,10-11,16-19,22-25,27-28,30-31,33-34,36-37,43,45,49,52,64H,4-6,9,12-15,20-21,26,29,32,35,38-42,44,46-48,50-51,53-63H2,1-3H3/b10-7-,11-8-,18-16-,19-17-,24-22-,25-23-,28-27-,31-30-,34-33-,37-36-,45-43-,52-49-. The highest BCUT2D eigenvalue weighted by Crippen LogP contribution is 2.14. The van der Waals surface area contributed by atoms with Crippen LogP contribution in [0.4, 0.5) is 0 Å². The summed E-state index contributed by atoms with van der Waals surface area (Å²) < 4.78 is 16.7. The van der Waals surface area contributed by atoms with Gasteiger partial charge in [0.1, 0.15) is 13.2 Å². The molecule has 0 aromatic rings. The minimum absolute atomic E-state index is 0.106. The van der Waals surface area contributed by atoms with Crippen molar-refractivity contribution in [1.29, 1.82) is 0 Å². The number of carbonyl (C=O) groups is 3. The molecule has 410 valence electrons. The fraction of sp³-hybridized carbons (Fsp3) is 0.597. The number of hydrogen-bond donors (Lipinski definition) is 0. The molecule has 0 saturated heterocycles. The minimum Gasteiger partial charge on any atom is -0.462 e. The van der Waals surface area contributed by atoms with E-state index in [0.29, 0.717) is 19.3 Å². The van der Waals surface area contributed by atoms with Crippen LogP contribution in [0.5, 0.6) is 0 Å². The van der Waals surface area contributed by atoms with Gasteiger partial charge in [-0.05, 0) is 116 Å². The fourth-order valence-electron chi connectivity index (χ4n) is 7.52. The zero-order valence-corrected chi connectivity index (χ0v) is 46.8. The van der Waals surface area contributed by atoms with Gasteiger partial charge < -0.3 is 14.2 Å². The van der Waals surface area contributed by atoms with Crippen molar-refractivity contribution >= 4 is 17.9 Å². The topological polar surface area (TPSA) is 78.9 Å². The van der Waals surface area contributed by atoms with Crippen molar-refractivity contribution in [3.05, 3.63) is 146 Å². The highest BCUT2D eigenvalue weighted by molar-refractivity contribution is 5.71. The summed E-state index contributed by atoms with van der Waals surface area (Å²) in [6.07, 6.45) is 85.9. The van der Waals surface area contributed by atoms with Crippen LogP contribution < -0.4 is 0 Å². The van der Waals surface area contributed by atoms with E-state index in [0.717, 1.165) is 128 Å². The molecule has 0 bridgehead atoms. The molecular formula is C67H106O6. The first-order valence-corrected chi connectivity index (χ1v) is 29.3. The quantitative estimate of drug-likeness (QED) is 0.0261. The van der Waals surface area contributed by atoms with E-state index in [-0.39, 0.29) is 37.5 Å². The van der Waals surface area contributed by atoms with Crippen LogP contribution in [0.3, 0.4) is 0 Å². The molecule has 0 spiro atoms. The van der Waals surface area contributed by atoms with Gasteiger partial charge in [0.2, 0.25) is 0 Å². The number of carbonyl (C=O) groups excluding carboxylic acids is 3. The Kier molecular flexibility index (Phi) is 56.0. The Labute approximate surface area is 448 Å². The maximum absolute atomic E-state index is 12.8. The lowest BCUT2D eigenvalue weighted by molar-refractivity contribution is -0.167. The molecule has 0 amide bonds. The molecular weight excluding hydrogens is 901 g/mol. The van der Waals surface area contributed by atoms with Crippen LogP contribution in [0, 0.1) is 0 Å². The van der Waals surface area contributed by atoms with Gasteiger partial charge in [0.25, 0.3) is 0 Å². The number of esters is 3. The van der Waals surface area contributed by atoms with Crippen molar-refractivity contribution in [2.45, 2.75) is 245 Å². The lowest BCUT2D eigenvalue weighted by Crippen LogP contribution is -2.30. The molecule has 0 fully saturated rings. The zero-order valence-electron chi connectivity index (χ0n) is 46.8. The first-order chi connectivity index (χ1) is 36.0. The molecule has 0 aromatic carbocycles. The van der Waals surface area contributed by atoms with E-state index < -0.39 is 6.10 Å². The van der Waals surface area contributed by atoms with Gasteiger partial charge in [-0.3, -0.25) is 14.4 Å². The van der Waals surface area contributed by atoms with Crippen LogP contribution in [-0.4, -0.2) is 37.2 Å². The van der Waals surface area contributed by atoms with Crippen molar-refractivity contribution in [1.82, 2.24) is 0 Å². The van der Waals surface area contributed by atoms with Crippen LogP contribution in [0.1, 0.15) is 239 Å². The van der Waals surface area contributed by atoms with Crippen molar-refractivity contribution in [2.75, 3.05) is 13.2 Å². The van der Waals surface area contributed by atoms with Crippen molar-refractivity contribution in [3.63, 3.8) is 0 Å². The SMILES string of the molecule is CC/C=C\C/C=C\C/C=C\C/C=C\C/C=C\C/C=C\C/C=C\CCCCCCCCCCCC(=O)OCC(COC(=O)CCCCCCCCC)OC(=O)CCC/C=C\C/C=C\C/C=C\C/C=C\C/C=C\CC. The van der Waals surface area contributed by atoms with Gasteiger partial charge in [0.15, 0.2) is 6.10 Å². The summed E-state index contributed by atoms with van der Waals surface area (Å²) in [5.74, 6) is -0.985. The van der Waals surface area contributed by atoms with E-state index >= 15 is 0 Å². The summed E-state index contributed by atoms with van der Waals surface area (Å²) in [6.45, 7) is 6.30. The highest BCUT2D eigenvalue weighted by atomic mass is 16.6. The average Bonchev–Trinajstić information content (AvgIpc) is 3.39. The highest BCUT2D eigenvalue weighted by Gasteiger charge is 2.19. The summed E-state index contributed by atoms with van der Waals surface area (Å²) >= 11 is 0. The van der Waals surface area contributed by atoms with Crippen LogP contribution in [0.2, 0.25) is 0 Å². The Hall–Kier alpha value is -4.71. The number of ether oxygens (including phenoxy) is 3. The Morgan fingerprint density at radius 3 is 0.877 bits per heavy atom. The summed E-state index contributed by atoms with van der Waals surface area (Å²) in [7, 11) is 0. The second-order valence-electron chi connectivity index (χ2n) is 18.8. The number of unbranched alkanes of at least 4 members (excludes halogenated alkanes) is 16. The molecule has 73 heavy (non-hydrogen) atoms. The van der Waals surface area contributed by atoms with E-state index in [1.165, 1.54) is 64.2 Å². The number of hydrogen-bond acceptors (Lipinski definition) is 6. The molecule has 0 saturated carbocycles. The van der Waals surface area contributed by atoms with Gasteiger partial charge in [-0.1, -0.05) is 250 Å². The Morgan fingerprint density at radius 2 is 0.548 bits per heavy atom. The Morgan fingerprint density at radius 1 is 0.288 bits per heavy atom. The summed E-state index contributed by atoms with van der Waals surface area (Å²) in [5, 5.41) is 0. The average molecular weight is 1010 g/mol. The third kappa shape index (κ3) is 58.1. The molecule has 6 heteroatoms. The van der Waals surface area contributed by atoms with Gasteiger partial charge >= 0.3 is 17.9 Å². The van der Waals surface area contributed by atoms with Gasteiger partial charge in [0.05, 0.1) is 0 Å². The predicted molar refractivity (Wildman–Crippen MR) is 315 cm³/mol. The molecule has 1 atom stereocenters. The van der Waals surface area contributed by atoms with E-state index in [2.05, 4.69) is 167 Å². The molecule has 0 aliphatic carbocycles. The lowest BCUT2D eigenvalue weighted by atomic mass is 10.1. The van der Waals surface area contributed by atoms with Gasteiger partial charge in [-0.15, -0.1) is 0 Å². The monoisotopic (exact) mass is 1010 g/mol. The van der Waals surface area contributed by atoms with E-state index in [1.54, 1.807) is 0 Å². The molecule has 0 heterocycles. The van der Waals surface area contributed by atoms with Gasteiger partial charge in [0, 0.05) is 19.3 Å². The van der Waals surface area contributed by atoms with E-state index in [1.807, 2.05) is 0 Å². The maximum atomic E-state index is 12.8. The summed E-state index contributed by atoms with van der Waals surface area (Å²) in [6, 6.07) is 0. The molecule has 0 aromatic heterocycles. The van der Waals surface area contributed by atoms with E-state index in [9.17, 15) is 14.4 Å². The molecule has 0 rings (SSSR count). The molecule has 0 aliphatic rings. The maximum Gasteiger partial charge on any atom is 0.306 e. The first-order valence-electron chi connectivity index (χ1n) is 29.3. The van der Waals surface area contributed by atoms with Crippen LogP contribution >= 0.6 is 0 Å². The lowest BCUT2D eigenvalue weighted by Gasteiger charge is -2.18. The Bertz CT molecular complexity index is 1630. The molecule has 1 unspecified atom stereocenters. The van der Waals surface area contributed by atoms with E-state index in [4.69, 9.17) is 14.2 Å². The van der Waals surface area contributed by atoms with Gasteiger partial charge in [-0.25, -0.2) is 0 Å². The minimum atomic E-state index is -0.812. The normalized spacial score (nSPS) is 13.2. The number of allylic oxidation sites excluding steroid dienone is 24. The molecule has 6 nitrogen and oxygen atoms in total. The molecule has 0 aliphatic heterocycles. The summed E-state index contributed by atoms with van der Waals surface area (Å²) in [4.78, 5) is 37.9. The first kappa shape index (κ1) is 68.3. The largest absolute Gasteiger partial charge is 0.462 e. The van der Waals surface area contributed by atoms with Crippen LogP contribution in [-0.2, 0) is 28.6 Å². The van der Waals surface area contributed by atoms with Crippen molar-refractivity contribution < 1.29 is 28.6 Å². The van der Waals surface area contributed by atoms with Gasteiger partial charge in [-0.2, -0.15) is 0 Å². The molecule has 0 N–H and O–H groups in total. The molecule has 0 radical (unpaired) electrons. The third-order valence-electron chi connectivity index (χ3n) is 11.8.